The topological polar surface area (TPSA) is 28.6 Å². The summed E-state index contributed by atoms with van der Waals surface area (Å²) in [5, 5.41) is 0.541. The molecule has 3 rings (SSSR count). The average Bonchev–Trinajstić information content (AvgIpc) is 2.55. The van der Waals surface area contributed by atoms with Crippen LogP contribution in [0, 0.1) is 0 Å². The van der Waals surface area contributed by atoms with E-state index in [-0.39, 0.29) is 0 Å². The number of ether oxygens (including phenoxy) is 1. The summed E-state index contributed by atoms with van der Waals surface area (Å²) in [6.07, 6.45) is 1.75. The number of hydrogen-bond acceptors (Lipinski definition) is 4. The minimum Gasteiger partial charge on any atom is -0.495 e. The first kappa shape index (κ1) is 14.0. The minimum absolute atomic E-state index is 0.541. The number of piperazine rings is 1. The Hall–Kier alpha value is -1.94. The van der Waals surface area contributed by atoms with Gasteiger partial charge < -0.3 is 14.5 Å². The van der Waals surface area contributed by atoms with E-state index in [2.05, 4.69) is 20.9 Å². The van der Waals surface area contributed by atoms with E-state index in [1.165, 1.54) is 0 Å². The summed E-state index contributed by atoms with van der Waals surface area (Å²) in [7, 11) is 1.72. The fourth-order valence-electron chi connectivity index (χ4n) is 2.69. The van der Waals surface area contributed by atoms with Gasteiger partial charge in [-0.15, -0.1) is 0 Å². The van der Waals surface area contributed by atoms with Gasteiger partial charge in [0.2, 0.25) is 0 Å². The van der Waals surface area contributed by atoms with Crippen LogP contribution < -0.4 is 14.5 Å². The number of rotatable bonds is 3. The molecule has 1 aromatic carbocycles. The predicted octanol–water partition coefficient (Wildman–Crippen LogP) is 3.07. The number of aromatic nitrogens is 1. The maximum atomic E-state index is 5.96. The van der Waals surface area contributed by atoms with Crippen LogP contribution in [0.3, 0.4) is 0 Å². The van der Waals surface area contributed by atoms with Gasteiger partial charge in [0.25, 0.3) is 0 Å². The molecule has 1 aromatic heterocycles. The molecule has 4 nitrogen and oxygen atoms in total. The molecular weight excluding hydrogens is 286 g/mol. The summed E-state index contributed by atoms with van der Waals surface area (Å²) in [6, 6.07) is 12.1. The number of halogens is 1. The van der Waals surface area contributed by atoms with E-state index in [4.69, 9.17) is 16.3 Å². The molecule has 0 spiro atoms. The zero-order chi connectivity index (χ0) is 14.7. The Morgan fingerprint density at radius 1 is 1.05 bits per heavy atom. The van der Waals surface area contributed by atoms with Crippen molar-refractivity contribution in [2.75, 3.05) is 43.1 Å². The van der Waals surface area contributed by atoms with E-state index < -0.39 is 0 Å². The Bertz CT molecular complexity index is 612. The van der Waals surface area contributed by atoms with E-state index in [0.29, 0.717) is 5.15 Å². The maximum absolute atomic E-state index is 5.96. The molecule has 0 unspecified atom stereocenters. The van der Waals surface area contributed by atoms with Crippen LogP contribution in [0.15, 0.2) is 42.6 Å². The molecular formula is C16H18ClN3O. The standard InChI is InChI=1S/C16H18ClN3O/c1-21-15-5-3-2-4-14(15)20-10-8-19(9-11-20)13-6-7-18-16(17)12-13/h2-7,12H,8-11H2,1H3. The molecule has 0 atom stereocenters. The lowest BCUT2D eigenvalue weighted by atomic mass is 10.2. The molecule has 0 radical (unpaired) electrons. The molecule has 0 saturated carbocycles. The van der Waals surface area contributed by atoms with E-state index in [1.54, 1.807) is 13.3 Å². The van der Waals surface area contributed by atoms with Crippen LogP contribution in [0.25, 0.3) is 0 Å². The van der Waals surface area contributed by atoms with Crippen molar-refractivity contribution in [3.8, 4) is 5.75 Å². The van der Waals surface area contributed by atoms with Crippen molar-refractivity contribution in [1.29, 1.82) is 0 Å². The third kappa shape index (κ3) is 3.05. The zero-order valence-corrected chi connectivity index (χ0v) is 12.8. The molecule has 0 aliphatic carbocycles. The van der Waals surface area contributed by atoms with Gasteiger partial charge in [0.15, 0.2) is 0 Å². The maximum Gasteiger partial charge on any atom is 0.142 e. The Labute approximate surface area is 129 Å². The summed E-state index contributed by atoms with van der Waals surface area (Å²) in [4.78, 5) is 8.72. The Morgan fingerprint density at radius 3 is 2.48 bits per heavy atom. The molecule has 0 bridgehead atoms. The third-order valence-electron chi connectivity index (χ3n) is 3.78. The van der Waals surface area contributed by atoms with Gasteiger partial charge in [0, 0.05) is 38.1 Å². The fourth-order valence-corrected chi connectivity index (χ4v) is 2.85. The molecule has 2 heterocycles. The lowest BCUT2D eigenvalue weighted by molar-refractivity contribution is 0.413. The van der Waals surface area contributed by atoms with Crippen molar-refractivity contribution in [3.05, 3.63) is 47.7 Å². The van der Waals surface area contributed by atoms with Gasteiger partial charge in [-0.3, -0.25) is 0 Å². The highest BCUT2D eigenvalue weighted by atomic mass is 35.5. The quantitative estimate of drug-likeness (QED) is 0.815. The average molecular weight is 304 g/mol. The van der Waals surface area contributed by atoms with Gasteiger partial charge in [-0.05, 0) is 24.3 Å². The highest BCUT2D eigenvalue weighted by Gasteiger charge is 2.19. The van der Waals surface area contributed by atoms with Crippen molar-refractivity contribution in [3.63, 3.8) is 0 Å². The fraction of sp³-hybridized carbons (Fsp3) is 0.312. The summed E-state index contributed by atoms with van der Waals surface area (Å²) in [5.74, 6) is 0.929. The van der Waals surface area contributed by atoms with Crippen molar-refractivity contribution in [2.45, 2.75) is 0 Å². The number of benzene rings is 1. The monoisotopic (exact) mass is 303 g/mol. The van der Waals surface area contributed by atoms with Crippen LogP contribution in [0.5, 0.6) is 5.75 Å². The van der Waals surface area contributed by atoms with Gasteiger partial charge in [-0.25, -0.2) is 4.98 Å². The molecule has 1 aliphatic heterocycles. The first-order valence-electron chi connectivity index (χ1n) is 7.02. The molecule has 1 saturated heterocycles. The van der Waals surface area contributed by atoms with Crippen molar-refractivity contribution in [1.82, 2.24) is 4.98 Å². The Kier molecular flexibility index (Phi) is 4.15. The van der Waals surface area contributed by atoms with Crippen LogP contribution in [-0.2, 0) is 0 Å². The molecule has 1 aliphatic rings. The van der Waals surface area contributed by atoms with Crippen molar-refractivity contribution in [2.24, 2.45) is 0 Å². The molecule has 110 valence electrons. The van der Waals surface area contributed by atoms with Gasteiger partial charge in [0.05, 0.1) is 12.8 Å². The number of methoxy groups -OCH3 is 1. The molecule has 0 amide bonds. The number of para-hydroxylation sites is 2. The summed E-state index contributed by atoms with van der Waals surface area (Å²) >= 11 is 5.96. The van der Waals surface area contributed by atoms with E-state index in [1.807, 2.05) is 30.3 Å². The minimum atomic E-state index is 0.541. The Balaban J connectivity index is 1.70. The van der Waals surface area contributed by atoms with Gasteiger partial charge in [-0.2, -0.15) is 0 Å². The van der Waals surface area contributed by atoms with Crippen molar-refractivity contribution < 1.29 is 4.74 Å². The summed E-state index contributed by atoms with van der Waals surface area (Å²) < 4.78 is 5.44. The molecule has 5 heteroatoms. The van der Waals surface area contributed by atoms with Crippen LogP contribution in [-0.4, -0.2) is 38.3 Å². The van der Waals surface area contributed by atoms with Crippen molar-refractivity contribution >= 4 is 23.0 Å². The number of anilines is 2. The van der Waals surface area contributed by atoms with Gasteiger partial charge in [0.1, 0.15) is 10.9 Å². The third-order valence-corrected chi connectivity index (χ3v) is 3.99. The van der Waals surface area contributed by atoms with Gasteiger partial charge in [-0.1, -0.05) is 23.7 Å². The second-order valence-corrected chi connectivity index (χ2v) is 5.37. The van der Waals surface area contributed by atoms with Crippen LogP contribution in [0.2, 0.25) is 5.15 Å². The number of hydrogen-bond donors (Lipinski definition) is 0. The molecule has 21 heavy (non-hydrogen) atoms. The van der Waals surface area contributed by atoms with E-state index >= 15 is 0 Å². The van der Waals surface area contributed by atoms with Crippen LogP contribution in [0.1, 0.15) is 0 Å². The predicted molar refractivity (Wildman–Crippen MR) is 86.7 cm³/mol. The van der Waals surface area contributed by atoms with Crippen LogP contribution in [0.4, 0.5) is 11.4 Å². The SMILES string of the molecule is COc1ccccc1N1CCN(c2ccnc(Cl)c2)CC1. The largest absolute Gasteiger partial charge is 0.495 e. The van der Waals surface area contributed by atoms with E-state index in [0.717, 1.165) is 43.3 Å². The molecule has 1 fully saturated rings. The number of nitrogens with zero attached hydrogens (tertiary/aromatic N) is 3. The van der Waals surface area contributed by atoms with E-state index in [9.17, 15) is 0 Å². The Morgan fingerprint density at radius 2 is 1.76 bits per heavy atom. The second kappa shape index (κ2) is 6.22. The normalized spacial score (nSPS) is 15.1. The number of pyridine rings is 1. The lowest BCUT2D eigenvalue weighted by Crippen LogP contribution is -2.46. The lowest BCUT2D eigenvalue weighted by Gasteiger charge is -2.37. The van der Waals surface area contributed by atoms with Crippen LogP contribution >= 0.6 is 11.6 Å². The van der Waals surface area contributed by atoms with Gasteiger partial charge >= 0.3 is 0 Å². The molecule has 2 aromatic rings. The summed E-state index contributed by atoms with van der Waals surface area (Å²) in [6.45, 7) is 3.83. The smallest absolute Gasteiger partial charge is 0.142 e. The zero-order valence-electron chi connectivity index (χ0n) is 12.0. The highest BCUT2D eigenvalue weighted by molar-refractivity contribution is 6.29. The molecule has 0 N–H and O–H groups in total. The summed E-state index contributed by atoms with van der Waals surface area (Å²) in [5.41, 5.74) is 2.29. The highest BCUT2D eigenvalue weighted by Crippen LogP contribution is 2.29. The second-order valence-electron chi connectivity index (χ2n) is 4.98. The first-order valence-corrected chi connectivity index (χ1v) is 7.40. The first-order chi connectivity index (χ1) is 10.3.